The van der Waals surface area contributed by atoms with Crippen molar-refractivity contribution in [3.05, 3.63) is 17.3 Å². The zero-order chi connectivity index (χ0) is 11.7. The van der Waals surface area contributed by atoms with Gasteiger partial charge in [0.1, 0.15) is 0 Å². The summed E-state index contributed by atoms with van der Waals surface area (Å²) in [5.74, 6) is 1.88. The number of rotatable bonds is 4. The minimum Gasteiger partial charge on any atom is -0.354 e. The van der Waals surface area contributed by atoms with Gasteiger partial charge in [-0.15, -0.1) is 10.2 Å². The first kappa shape index (κ1) is 11.2. The summed E-state index contributed by atoms with van der Waals surface area (Å²) in [5.41, 5.74) is 0. The van der Waals surface area contributed by atoms with Crippen LogP contribution in [-0.2, 0) is 0 Å². The molecule has 0 radical (unpaired) electrons. The molecule has 1 aliphatic carbocycles. The Morgan fingerprint density at radius 1 is 1.29 bits per heavy atom. The Balaban J connectivity index is 1.53. The quantitative estimate of drug-likeness (QED) is 0.886. The highest BCUT2D eigenvalue weighted by atomic mass is 35.5. The lowest BCUT2D eigenvalue weighted by atomic mass is 10.2. The van der Waals surface area contributed by atoms with Gasteiger partial charge in [0.15, 0.2) is 11.0 Å². The van der Waals surface area contributed by atoms with E-state index in [4.69, 9.17) is 11.6 Å². The van der Waals surface area contributed by atoms with Crippen LogP contribution in [-0.4, -0.2) is 35.9 Å². The van der Waals surface area contributed by atoms with Crippen LogP contribution in [0.5, 0.6) is 0 Å². The predicted octanol–water partition coefficient (Wildman–Crippen LogP) is 1.71. The maximum Gasteiger partial charge on any atom is 0.151 e. The van der Waals surface area contributed by atoms with E-state index in [9.17, 15) is 0 Å². The number of halogens is 1. The van der Waals surface area contributed by atoms with Gasteiger partial charge in [0.2, 0.25) is 0 Å². The molecule has 1 aromatic heterocycles. The molecular formula is C12H17ClN4. The molecule has 1 aromatic rings. The highest BCUT2D eigenvalue weighted by Gasteiger charge is 2.26. The second kappa shape index (κ2) is 4.78. The van der Waals surface area contributed by atoms with Gasteiger partial charge in [-0.05, 0) is 43.9 Å². The lowest BCUT2D eigenvalue weighted by Gasteiger charge is -2.17. The zero-order valence-electron chi connectivity index (χ0n) is 9.77. The summed E-state index contributed by atoms with van der Waals surface area (Å²) in [4.78, 5) is 2.27. The van der Waals surface area contributed by atoms with Crippen molar-refractivity contribution in [2.24, 2.45) is 5.92 Å². The van der Waals surface area contributed by atoms with Gasteiger partial charge in [-0.2, -0.15) is 0 Å². The smallest absolute Gasteiger partial charge is 0.151 e. The van der Waals surface area contributed by atoms with Gasteiger partial charge >= 0.3 is 0 Å². The first-order valence-corrected chi connectivity index (χ1v) is 6.66. The van der Waals surface area contributed by atoms with Gasteiger partial charge in [0.25, 0.3) is 0 Å². The van der Waals surface area contributed by atoms with Crippen molar-refractivity contribution in [3.8, 4) is 0 Å². The average molecular weight is 253 g/mol. The van der Waals surface area contributed by atoms with E-state index < -0.39 is 0 Å². The molecule has 1 saturated heterocycles. The van der Waals surface area contributed by atoms with E-state index in [2.05, 4.69) is 20.4 Å². The zero-order valence-corrected chi connectivity index (χ0v) is 10.5. The molecule has 0 amide bonds. The normalized spacial score (nSPS) is 24.3. The monoisotopic (exact) mass is 252 g/mol. The van der Waals surface area contributed by atoms with E-state index in [1.54, 1.807) is 6.07 Å². The van der Waals surface area contributed by atoms with E-state index in [0.717, 1.165) is 24.8 Å². The van der Waals surface area contributed by atoms with E-state index in [1.807, 2.05) is 6.07 Å². The third kappa shape index (κ3) is 2.87. The maximum atomic E-state index is 5.73. The predicted molar refractivity (Wildman–Crippen MR) is 68.4 cm³/mol. The largest absolute Gasteiger partial charge is 0.354 e. The van der Waals surface area contributed by atoms with Crippen LogP contribution in [0.1, 0.15) is 19.3 Å². The summed E-state index contributed by atoms with van der Waals surface area (Å²) in [7, 11) is 0. The van der Waals surface area contributed by atoms with Gasteiger partial charge in [-0.25, -0.2) is 0 Å². The van der Waals surface area contributed by atoms with Crippen LogP contribution in [0, 0.1) is 5.92 Å². The lowest BCUT2D eigenvalue weighted by molar-refractivity contribution is 0.530. The van der Waals surface area contributed by atoms with Crippen molar-refractivity contribution in [1.82, 2.24) is 15.5 Å². The van der Waals surface area contributed by atoms with E-state index in [0.29, 0.717) is 11.2 Å². The van der Waals surface area contributed by atoms with Gasteiger partial charge in [0.05, 0.1) is 0 Å². The van der Waals surface area contributed by atoms with Crippen LogP contribution < -0.4 is 10.2 Å². The van der Waals surface area contributed by atoms with Crippen LogP contribution in [0.4, 0.5) is 5.82 Å². The van der Waals surface area contributed by atoms with Crippen LogP contribution in [0.2, 0.25) is 5.15 Å². The van der Waals surface area contributed by atoms with Crippen molar-refractivity contribution in [2.75, 3.05) is 24.5 Å². The lowest BCUT2D eigenvalue weighted by Crippen LogP contribution is -2.34. The second-order valence-corrected chi connectivity index (χ2v) is 5.38. The molecule has 2 fully saturated rings. The van der Waals surface area contributed by atoms with Gasteiger partial charge in [-0.1, -0.05) is 11.6 Å². The molecule has 1 N–H and O–H groups in total. The molecule has 1 saturated carbocycles. The highest BCUT2D eigenvalue weighted by molar-refractivity contribution is 6.29. The first-order chi connectivity index (χ1) is 8.31. The Labute approximate surface area is 106 Å². The third-order valence-corrected chi connectivity index (χ3v) is 3.72. The number of hydrogen-bond donors (Lipinski definition) is 1. The molecule has 3 rings (SSSR count). The standard InChI is InChI=1S/C12H17ClN4/c13-11-3-4-12(16-15-11)17-6-5-10(8-17)14-7-9-1-2-9/h3-4,9-10,14H,1-2,5-8H2. The molecule has 2 heterocycles. The first-order valence-electron chi connectivity index (χ1n) is 6.29. The van der Waals surface area contributed by atoms with Crippen molar-refractivity contribution >= 4 is 17.4 Å². The minimum atomic E-state index is 0.455. The number of nitrogens with one attached hydrogen (secondary N) is 1. The Morgan fingerprint density at radius 3 is 2.88 bits per heavy atom. The van der Waals surface area contributed by atoms with Crippen LogP contribution in [0.25, 0.3) is 0 Å². The molecule has 0 aromatic carbocycles. The van der Waals surface area contributed by atoms with Gasteiger partial charge < -0.3 is 10.2 Å². The average Bonchev–Trinajstić information content (AvgIpc) is 3.06. The minimum absolute atomic E-state index is 0.455. The molecule has 1 unspecified atom stereocenters. The Kier molecular flexibility index (Phi) is 3.16. The summed E-state index contributed by atoms with van der Waals surface area (Å²) in [6.07, 6.45) is 4.01. The molecule has 5 heteroatoms. The van der Waals surface area contributed by atoms with Gasteiger partial charge in [0, 0.05) is 19.1 Å². The molecule has 0 bridgehead atoms. The molecule has 2 aliphatic rings. The summed E-state index contributed by atoms with van der Waals surface area (Å²) < 4.78 is 0. The molecule has 1 atom stereocenters. The Morgan fingerprint density at radius 2 is 2.18 bits per heavy atom. The number of nitrogens with zero attached hydrogens (tertiary/aromatic N) is 3. The number of aromatic nitrogens is 2. The SMILES string of the molecule is Clc1ccc(N2CCC(NCC3CC3)C2)nn1. The number of anilines is 1. The Bertz CT molecular complexity index is 377. The van der Waals surface area contributed by atoms with E-state index >= 15 is 0 Å². The van der Waals surface area contributed by atoms with Crippen LogP contribution in [0.3, 0.4) is 0 Å². The highest BCUT2D eigenvalue weighted by Crippen LogP contribution is 2.28. The summed E-state index contributed by atoms with van der Waals surface area (Å²) >= 11 is 5.73. The molecule has 92 valence electrons. The molecular weight excluding hydrogens is 236 g/mol. The fourth-order valence-corrected chi connectivity index (χ4v) is 2.37. The Hall–Kier alpha value is -0.870. The third-order valence-electron chi connectivity index (χ3n) is 3.52. The van der Waals surface area contributed by atoms with E-state index in [-0.39, 0.29) is 0 Å². The second-order valence-electron chi connectivity index (χ2n) is 5.00. The summed E-state index contributed by atoms with van der Waals surface area (Å²) in [6, 6.07) is 4.35. The molecule has 17 heavy (non-hydrogen) atoms. The van der Waals surface area contributed by atoms with E-state index in [1.165, 1.54) is 25.8 Å². The summed E-state index contributed by atoms with van der Waals surface area (Å²) in [6.45, 7) is 3.27. The van der Waals surface area contributed by atoms with Gasteiger partial charge in [-0.3, -0.25) is 0 Å². The maximum absolute atomic E-state index is 5.73. The van der Waals surface area contributed by atoms with Crippen molar-refractivity contribution in [3.63, 3.8) is 0 Å². The fraction of sp³-hybridized carbons (Fsp3) is 0.667. The van der Waals surface area contributed by atoms with Crippen LogP contribution >= 0.6 is 11.6 Å². The number of hydrogen-bond acceptors (Lipinski definition) is 4. The fourth-order valence-electron chi connectivity index (χ4n) is 2.27. The molecule has 4 nitrogen and oxygen atoms in total. The topological polar surface area (TPSA) is 41.0 Å². The van der Waals surface area contributed by atoms with Crippen molar-refractivity contribution < 1.29 is 0 Å². The molecule has 1 aliphatic heterocycles. The molecule has 0 spiro atoms. The van der Waals surface area contributed by atoms with Crippen LogP contribution in [0.15, 0.2) is 12.1 Å². The summed E-state index contributed by atoms with van der Waals surface area (Å²) in [5, 5.41) is 12.1. The van der Waals surface area contributed by atoms with Crippen molar-refractivity contribution in [1.29, 1.82) is 0 Å². The van der Waals surface area contributed by atoms with Crippen molar-refractivity contribution in [2.45, 2.75) is 25.3 Å².